The van der Waals surface area contributed by atoms with E-state index < -0.39 is 16.1 Å². The summed E-state index contributed by atoms with van der Waals surface area (Å²) in [6, 6.07) is 17.5. The number of rotatable bonds is 9. The third-order valence-corrected chi connectivity index (χ3v) is 10.2. The summed E-state index contributed by atoms with van der Waals surface area (Å²) in [5.74, 6) is -0.110. The number of nitrogens with one attached hydrogen (secondary N) is 2. The fraction of sp³-hybridized carbons (Fsp3) is 0.452. The third kappa shape index (κ3) is 6.13. The minimum Gasteiger partial charge on any atom is -0.353 e. The molecule has 0 fully saturated rings. The molecule has 3 unspecified atom stereocenters. The van der Waals surface area contributed by atoms with Gasteiger partial charge in [0.1, 0.15) is 0 Å². The van der Waals surface area contributed by atoms with Crippen molar-refractivity contribution in [2.45, 2.75) is 89.0 Å². The molecule has 1 aliphatic carbocycles. The Kier molecular flexibility index (Phi) is 8.26. The van der Waals surface area contributed by atoms with Gasteiger partial charge in [0, 0.05) is 50.0 Å². The summed E-state index contributed by atoms with van der Waals surface area (Å²) in [6.07, 6.45) is 5.77. The van der Waals surface area contributed by atoms with E-state index in [1.807, 2.05) is 37.4 Å². The Morgan fingerprint density at radius 3 is 2.64 bits per heavy atom. The lowest BCUT2D eigenvalue weighted by Crippen LogP contribution is -2.45. The molecule has 39 heavy (non-hydrogen) atoms. The number of hydrogen-bond acceptors (Lipinski definition) is 4. The number of carbonyl (C=O) groups is 1. The van der Waals surface area contributed by atoms with Crippen LogP contribution in [-0.4, -0.2) is 41.8 Å². The maximum atomic E-state index is 13.7. The molecule has 5 rings (SSSR count). The van der Waals surface area contributed by atoms with Crippen LogP contribution in [0.1, 0.15) is 67.1 Å². The van der Waals surface area contributed by atoms with Gasteiger partial charge in [-0.15, -0.1) is 0 Å². The smallest absolute Gasteiger partial charge is 0.243 e. The van der Waals surface area contributed by atoms with Gasteiger partial charge in [0.2, 0.25) is 15.9 Å². The van der Waals surface area contributed by atoms with E-state index in [2.05, 4.69) is 47.2 Å². The second kappa shape index (κ2) is 11.7. The van der Waals surface area contributed by atoms with E-state index in [1.54, 1.807) is 12.1 Å². The standard InChI is InChI=1S/C31H40N4O3S/c1-4-23(3)32-21-24-9-10-26-19-27(12-11-25(26)18-24)33-31(36)20-30-29-6-5-15-34(29)16-17-35(30)39(37,38)28-13-7-22(2)8-14-28/h5-10,13-15,18,23,27,30,32H,4,11-12,16-17,19-21H2,1-3H3,(H,33,36). The fourth-order valence-corrected chi connectivity index (χ4v) is 7.31. The van der Waals surface area contributed by atoms with Crippen LogP contribution in [0.2, 0.25) is 0 Å². The van der Waals surface area contributed by atoms with Crippen LogP contribution >= 0.6 is 0 Å². The van der Waals surface area contributed by atoms with E-state index in [0.717, 1.165) is 43.5 Å². The highest BCUT2D eigenvalue weighted by Gasteiger charge is 2.38. The summed E-state index contributed by atoms with van der Waals surface area (Å²) < 4.78 is 30.9. The first-order chi connectivity index (χ1) is 18.7. The molecule has 8 heteroatoms. The largest absolute Gasteiger partial charge is 0.353 e. The van der Waals surface area contributed by atoms with Gasteiger partial charge in [-0.25, -0.2) is 8.42 Å². The molecule has 0 saturated carbocycles. The predicted molar refractivity (Wildman–Crippen MR) is 154 cm³/mol. The van der Waals surface area contributed by atoms with Gasteiger partial charge in [0.05, 0.1) is 10.9 Å². The van der Waals surface area contributed by atoms with Gasteiger partial charge in [-0.3, -0.25) is 4.79 Å². The second-order valence-corrected chi connectivity index (χ2v) is 13.0. The van der Waals surface area contributed by atoms with Crippen LogP contribution in [0.4, 0.5) is 0 Å². The van der Waals surface area contributed by atoms with Crippen molar-refractivity contribution in [2.24, 2.45) is 0 Å². The third-order valence-electron chi connectivity index (χ3n) is 8.25. The zero-order valence-corrected chi connectivity index (χ0v) is 24.0. The van der Waals surface area contributed by atoms with Crippen molar-refractivity contribution in [1.29, 1.82) is 0 Å². The maximum Gasteiger partial charge on any atom is 0.243 e. The summed E-state index contributed by atoms with van der Waals surface area (Å²) in [4.78, 5) is 13.6. The summed E-state index contributed by atoms with van der Waals surface area (Å²) in [7, 11) is -3.75. The average Bonchev–Trinajstić information content (AvgIpc) is 3.41. The van der Waals surface area contributed by atoms with Crippen LogP contribution in [0.25, 0.3) is 0 Å². The number of hydrogen-bond donors (Lipinski definition) is 2. The van der Waals surface area contributed by atoms with Crippen LogP contribution in [0.15, 0.2) is 65.7 Å². The highest BCUT2D eigenvalue weighted by atomic mass is 32.2. The highest BCUT2D eigenvalue weighted by molar-refractivity contribution is 7.89. The monoisotopic (exact) mass is 548 g/mol. The molecule has 3 atom stereocenters. The van der Waals surface area contributed by atoms with Crippen molar-refractivity contribution in [2.75, 3.05) is 6.54 Å². The van der Waals surface area contributed by atoms with Gasteiger partial charge in [-0.05, 0) is 80.5 Å². The molecule has 1 aromatic heterocycles. The minimum atomic E-state index is -3.75. The van der Waals surface area contributed by atoms with Gasteiger partial charge >= 0.3 is 0 Å². The van der Waals surface area contributed by atoms with Gasteiger partial charge in [-0.2, -0.15) is 4.31 Å². The first kappa shape index (κ1) is 27.6. The molecule has 2 aliphatic rings. The number of aryl methyl sites for hydroxylation is 2. The SMILES string of the molecule is CCC(C)NCc1ccc2c(c1)CCC(NC(=O)CC1c3cccn3CCN1S(=O)(=O)c1ccc(C)cc1)C2. The van der Waals surface area contributed by atoms with Crippen molar-refractivity contribution in [3.63, 3.8) is 0 Å². The number of aromatic nitrogens is 1. The molecule has 208 valence electrons. The molecule has 2 N–H and O–H groups in total. The Morgan fingerprint density at radius 2 is 1.87 bits per heavy atom. The van der Waals surface area contributed by atoms with Crippen LogP contribution in [0.5, 0.6) is 0 Å². The number of nitrogens with zero attached hydrogens (tertiary/aromatic N) is 2. The molecule has 1 aliphatic heterocycles. The second-order valence-electron chi connectivity index (χ2n) is 11.1. The van der Waals surface area contributed by atoms with Crippen LogP contribution in [-0.2, 0) is 40.7 Å². The molecular formula is C31H40N4O3S. The first-order valence-corrected chi connectivity index (χ1v) is 15.6. The van der Waals surface area contributed by atoms with E-state index >= 15 is 0 Å². The topological polar surface area (TPSA) is 83.4 Å². The van der Waals surface area contributed by atoms with Gasteiger partial charge in [0.15, 0.2) is 0 Å². The highest BCUT2D eigenvalue weighted by Crippen LogP contribution is 2.34. The van der Waals surface area contributed by atoms with Crippen molar-refractivity contribution in [1.82, 2.24) is 19.5 Å². The Bertz CT molecular complexity index is 1410. The summed E-state index contributed by atoms with van der Waals surface area (Å²) in [5.41, 5.74) is 5.81. The molecule has 0 spiro atoms. The molecule has 1 amide bonds. The first-order valence-electron chi connectivity index (χ1n) is 14.1. The minimum absolute atomic E-state index is 0.0478. The lowest BCUT2D eigenvalue weighted by Gasteiger charge is -2.36. The predicted octanol–water partition coefficient (Wildman–Crippen LogP) is 4.49. The number of sulfonamides is 1. The normalized spacial score (nSPS) is 20.2. The molecule has 3 aromatic rings. The van der Waals surface area contributed by atoms with Crippen LogP contribution in [0, 0.1) is 6.92 Å². The lowest BCUT2D eigenvalue weighted by molar-refractivity contribution is -0.123. The van der Waals surface area contributed by atoms with E-state index in [0.29, 0.717) is 19.1 Å². The quantitative estimate of drug-likeness (QED) is 0.413. The Balaban J connectivity index is 1.27. The molecule has 0 radical (unpaired) electrons. The number of fused-ring (bicyclic) bond motifs is 2. The maximum absolute atomic E-state index is 13.7. The number of carbonyl (C=O) groups excluding carboxylic acids is 1. The molecule has 0 saturated heterocycles. The van der Waals surface area contributed by atoms with E-state index in [-0.39, 0.29) is 23.3 Å². The number of amides is 1. The number of benzene rings is 2. The van der Waals surface area contributed by atoms with Crippen LogP contribution in [0.3, 0.4) is 0 Å². The summed E-state index contributed by atoms with van der Waals surface area (Å²) in [5, 5.41) is 6.79. The van der Waals surface area contributed by atoms with Crippen molar-refractivity contribution in [3.8, 4) is 0 Å². The van der Waals surface area contributed by atoms with Gasteiger partial charge in [0.25, 0.3) is 0 Å². The zero-order valence-electron chi connectivity index (χ0n) is 23.2. The fourth-order valence-electron chi connectivity index (χ4n) is 5.72. The molecule has 0 bridgehead atoms. The zero-order chi connectivity index (χ0) is 27.6. The lowest BCUT2D eigenvalue weighted by atomic mass is 9.87. The van der Waals surface area contributed by atoms with Crippen molar-refractivity contribution >= 4 is 15.9 Å². The molecular weight excluding hydrogens is 508 g/mol. The Morgan fingerprint density at radius 1 is 1.08 bits per heavy atom. The molecule has 7 nitrogen and oxygen atoms in total. The van der Waals surface area contributed by atoms with Crippen molar-refractivity contribution < 1.29 is 13.2 Å². The molecule has 2 heterocycles. The van der Waals surface area contributed by atoms with Crippen LogP contribution < -0.4 is 10.6 Å². The van der Waals surface area contributed by atoms with E-state index in [1.165, 1.54) is 21.0 Å². The summed E-state index contributed by atoms with van der Waals surface area (Å²) in [6.45, 7) is 8.10. The van der Waals surface area contributed by atoms with Crippen molar-refractivity contribution in [3.05, 3.63) is 88.7 Å². The average molecular weight is 549 g/mol. The summed E-state index contributed by atoms with van der Waals surface area (Å²) >= 11 is 0. The van der Waals surface area contributed by atoms with E-state index in [4.69, 9.17) is 0 Å². The molecule has 2 aromatic carbocycles. The van der Waals surface area contributed by atoms with Gasteiger partial charge in [-0.1, -0.05) is 42.8 Å². The van der Waals surface area contributed by atoms with Gasteiger partial charge < -0.3 is 15.2 Å². The Hall–Kier alpha value is -2.94. The van der Waals surface area contributed by atoms with E-state index in [9.17, 15) is 13.2 Å². The Labute approximate surface area is 232 Å².